The van der Waals surface area contributed by atoms with E-state index in [4.69, 9.17) is 5.73 Å². The number of nitrogens with zero attached hydrogens (tertiary/aromatic N) is 2. The van der Waals surface area contributed by atoms with Gasteiger partial charge in [-0.3, -0.25) is 9.89 Å². The molecule has 0 saturated heterocycles. The van der Waals surface area contributed by atoms with E-state index >= 15 is 0 Å². The fourth-order valence-corrected chi connectivity index (χ4v) is 2.97. The van der Waals surface area contributed by atoms with E-state index in [0.29, 0.717) is 6.42 Å². The van der Waals surface area contributed by atoms with Gasteiger partial charge in [0.15, 0.2) is 0 Å². The molecule has 0 saturated carbocycles. The van der Waals surface area contributed by atoms with E-state index < -0.39 is 0 Å². The van der Waals surface area contributed by atoms with Gasteiger partial charge in [-0.2, -0.15) is 5.10 Å². The summed E-state index contributed by atoms with van der Waals surface area (Å²) in [4.78, 5) is 20.0. The van der Waals surface area contributed by atoms with Crippen LogP contribution in [0.4, 0.5) is 5.69 Å². The Hall–Kier alpha value is -2.67. The molecule has 118 valence electrons. The molecule has 0 radical (unpaired) electrons. The van der Waals surface area contributed by atoms with Crippen LogP contribution in [-0.2, 0) is 4.79 Å². The Labute approximate surface area is 132 Å². The van der Waals surface area contributed by atoms with E-state index in [1.807, 2.05) is 18.3 Å². The van der Waals surface area contributed by atoms with Gasteiger partial charge in [-0.1, -0.05) is 6.42 Å². The topological polar surface area (TPSA) is 112 Å². The number of carbonyl (C=O) groups is 1. The number of fused-ring (bicyclic) bond motifs is 5. The summed E-state index contributed by atoms with van der Waals surface area (Å²) < 4.78 is 0. The van der Waals surface area contributed by atoms with Gasteiger partial charge in [-0.05, 0) is 25.0 Å². The summed E-state index contributed by atoms with van der Waals surface area (Å²) in [6.45, 7) is 0. The first-order valence-electron chi connectivity index (χ1n) is 7.79. The third kappa shape index (κ3) is 2.59. The number of carbonyl (C=O) groups excluding carboxylic acids is 1. The van der Waals surface area contributed by atoms with Crippen molar-refractivity contribution in [2.45, 2.75) is 31.7 Å². The van der Waals surface area contributed by atoms with Crippen LogP contribution in [0.25, 0.3) is 22.2 Å². The van der Waals surface area contributed by atoms with Crippen molar-refractivity contribution >= 4 is 22.5 Å². The molecule has 5 N–H and O–H groups in total. The van der Waals surface area contributed by atoms with Crippen LogP contribution >= 0.6 is 0 Å². The summed E-state index contributed by atoms with van der Waals surface area (Å²) in [6, 6.07) is 3.74. The van der Waals surface area contributed by atoms with E-state index in [-0.39, 0.29) is 11.9 Å². The van der Waals surface area contributed by atoms with Crippen LogP contribution in [-0.4, -0.2) is 26.1 Å². The van der Waals surface area contributed by atoms with Crippen molar-refractivity contribution < 1.29 is 4.79 Å². The second-order valence-electron chi connectivity index (χ2n) is 5.93. The summed E-state index contributed by atoms with van der Waals surface area (Å²) >= 11 is 0. The lowest BCUT2D eigenvalue weighted by Crippen LogP contribution is -2.15. The number of imidazole rings is 1. The van der Waals surface area contributed by atoms with Crippen molar-refractivity contribution in [1.29, 1.82) is 0 Å². The standard InChI is InChI=1S/C16H18N6O/c17-11-3-1-2-4-15(23)20-13-6-12-9(7-19-22-12)5-10(13)14-8-18-16(11)21-14/h5-8,11H,1-4,17H2,(H,18,21)(H,19,22)(H,20,23). The summed E-state index contributed by atoms with van der Waals surface area (Å²) in [6.07, 6.45) is 6.61. The molecule has 0 fully saturated rings. The van der Waals surface area contributed by atoms with E-state index in [2.05, 4.69) is 25.5 Å². The molecule has 4 rings (SSSR count). The first-order chi connectivity index (χ1) is 11.2. The normalized spacial score (nSPS) is 18.8. The minimum absolute atomic E-state index is 0.00928. The van der Waals surface area contributed by atoms with Gasteiger partial charge in [-0.25, -0.2) is 4.98 Å². The summed E-state index contributed by atoms with van der Waals surface area (Å²) in [5, 5.41) is 10.9. The predicted octanol–water partition coefficient (Wildman–Crippen LogP) is 2.47. The number of aromatic amines is 2. The number of nitrogens with one attached hydrogen (secondary N) is 3. The second kappa shape index (κ2) is 5.51. The molecule has 3 aromatic rings. The number of hydrogen-bond acceptors (Lipinski definition) is 4. The Morgan fingerprint density at radius 2 is 2.17 bits per heavy atom. The van der Waals surface area contributed by atoms with Gasteiger partial charge >= 0.3 is 0 Å². The number of nitrogens with two attached hydrogens (primary N) is 1. The van der Waals surface area contributed by atoms with Crippen molar-refractivity contribution in [2.24, 2.45) is 5.73 Å². The lowest BCUT2D eigenvalue weighted by molar-refractivity contribution is -0.116. The highest BCUT2D eigenvalue weighted by atomic mass is 16.1. The van der Waals surface area contributed by atoms with Crippen molar-refractivity contribution in [2.75, 3.05) is 5.32 Å². The lowest BCUT2D eigenvalue weighted by Gasteiger charge is -2.12. The Balaban J connectivity index is 1.87. The summed E-state index contributed by atoms with van der Waals surface area (Å²) in [7, 11) is 0. The van der Waals surface area contributed by atoms with Crippen LogP contribution in [0, 0.1) is 0 Å². The Kier molecular flexibility index (Phi) is 3.34. The zero-order chi connectivity index (χ0) is 15.8. The third-order valence-corrected chi connectivity index (χ3v) is 4.25. The molecular weight excluding hydrogens is 292 g/mol. The minimum Gasteiger partial charge on any atom is -0.347 e. The van der Waals surface area contributed by atoms with E-state index in [0.717, 1.165) is 52.9 Å². The smallest absolute Gasteiger partial charge is 0.224 e. The Morgan fingerprint density at radius 1 is 1.26 bits per heavy atom. The predicted molar refractivity (Wildman–Crippen MR) is 87.7 cm³/mol. The molecule has 1 atom stereocenters. The van der Waals surface area contributed by atoms with Gasteiger partial charge < -0.3 is 16.0 Å². The molecule has 2 bridgehead atoms. The first kappa shape index (κ1) is 14.0. The molecule has 1 aliphatic heterocycles. The monoisotopic (exact) mass is 310 g/mol. The zero-order valence-corrected chi connectivity index (χ0v) is 12.6. The van der Waals surface area contributed by atoms with Crippen molar-refractivity contribution in [3.05, 3.63) is 30.4 Å². The quantitative estimate of drug-likeness (QED) is 0.511. The number of hydrogen-bond donors (Lipinski definition) is 4. The van der Waals surface area contributed by atoms with Gasteiger partial charge in [-0.15, -0.1) is 0 Å². The van der Waals surface area contributed by atoms with Gasteiger partial charge in [0, 0.05) is 23.6 Å². The van der Waals surface area contributed by atoms with Gasteiger partial charge in [0.25, 0.3) is 0 Å². The maximum absolute atomic E-state index is 12.2. The molecule has 1 unspecified atom stereocenters. The van der Waals surface area contributed by atoms with Crippen molar-refractivity contribution in [1.82, 2.24) is 20.2 Å². The van der Waals surface area contributed by atoms with E-state index in [1.165, 1.54) is 0 Å². The van der Waals surface area contributed by atoms with E-state index in [9.17, 15) is 4.79 Å². The van der Waals surface area contributed by atoms with Crippen molar-refractivity contribution in [3.8, 4) is 11.3 Å². The SMILES string of the molecule is NC1CCCCC(=O)Nc2cc3[nH]ncc3cc2-c2c[nH]c1n2. The lowest BCUT2D eigenvalue weighted by atomic mass is 10.1. The fourth-order valence-electron chi connectivity index (χ4n) is 2.97. The van der Waals surface area contributed by atoms with Crippen LogP contribution in [0.15, 0.2) is 24.5 Å². The van der Waals surface area contributed by atoms with Crippen LogP contribution in [0.1, 0.15) is 37.5 Å². The van der Waals surface area contributed by atoms with E-state index in [1.54, 1.807) is 6.20 Å². The zero-order valence-electron chi connectivity index (χ0n) is 12.6. The number of H-pyrrole nitrogens is 2. The molecular formula is C16H18N6O. The van der Waals surface area contributed by atoms with Crippen LogP contribution in [0.5, 0.6) is 0 Å². The largest absolute Gasteiger partial charge is 0.347 e. The Bertz CT molecular complexity index is 864. The molecule has 7 heteroatoms. The van der Waals surface area contributed by atoms with Crippen LogP contribution in [0.3, 0.4) is 0 Å². The van der Waals surface area contributed by atoms with Gasteiger partial charge in [0.1, 0.15) is 5.82 Å². The van der Waals surface area contributed by atoms with Gasteiger partial charge in [0.2, 0.25) is 5.91 Å². The maximum atomic E-state index is 12.2. The maximum Gasteiger partial charge on any atom is 0.224 e. The second-order valence-corrected chi connectivity index (χ2v) is 5.93. The average molecular weight is 310 g/mol. The minimum atomic E-state index is -0.132. The summed E-state index contributed by atoms with van der Waals surface area (Å²) in [5.41, 5.74) is 9.43. The summed E-state index contributed by atoms with van der Waals surface area (Å²) in [5.74, 6) is 0.792. The van der Waals surface area contributed by atoms with Crippen LogP contribution in [0.2, 0.25) is 0 Å². The molecule has 0 spiro atoms. The molecule has 7 nitrogen and oxygen atoms in total. The van der Waals surface area contributed by atoms with Gasteiger partial charge in [0.05, 0.1) is 29.1 Å². The first-order valence-corrected chi connectivity index (χ1v) is 7.79. The molecule has 1 aromatic carbocycles. The molecule has 2 aromatic heterocycles. The highest BCUT2D eigenvalue weighted by molar-refractivity contribution is 5.99. The highest BCUT2D eigenvalue weighted by Crippen LogP contribution is 2.32. The third-order valence-electron chi connectivity index (χ3n) is 4.25. The fraction of sp³-hybridized carbons (Fsp3) is 0.312. The Morgan fingerprint density at radius 3 is 3.09 bits per heavy atom. The number of anilines is 1. The molecule has 1 aliphatic rings. The average Bonchev–Trinajstić information content (AvgIpc) is 3.18. The number of benzene rings is 1. The van der Waals surface area contributed by atoms with Crippen molar-refractivity contribution in [3.63, 3.8) is 0 Å². The molecule has 23 heavy (non-hydrogen) atoms. The van der Waals surface area contributed by atoms with Crippen LogP contribution < -0.4 is 11.1 Å². The number of aromatic nitrogens is 4. The number of amides is 1. The highest BCUT2D eigenvalue weighted by Gasteiger charge is 2.17. The molecule has 3 heterocycles. The molecule has 0 aliphatic carbocycles. The molecule has 1 amide bonds. The number of rotatable bonds is 0.